The Morgan fingerprint density at radius 3 is 2.68 bits per heavy atom. The average molecular weight is 412 g/mol. The summed E-state index contributed by atoms with van der Waals surface area (Å²) in [6.07, 6.45) is 6.69. The van der Waals surface area contributed by atoms with Gasteiger partial charge in [0.15, 0.2) is 0 Å². The number of aromatic nitrogens is 4. The minimum Gasteiger partial charge on any atom is -0.481 e. The molecule has 8 nitrogen and oxygen atoms in total. The first-order chi connectivity index (χ1) is 15.1. The fourth-order valence-electron chi connectivity index (χ4n) is 2.91. The van der Waals surface area contributed by atoms with E-state index in [1.807, 2.05) is 43.3 Å². The molecule has 0 radical (unpaired) electrons. The number of carbonyl (C=O) groups is 1. The molecule has 0 fully saturated rings. The zero-order valence-electron chi connectivity index (χ0n) is 17.0. The number of anilines is 3. The lowest BCUT2D eigenvalue weighted by atomic mass is 10.1. The standard InChI is InChI=1S/C23H20N6O2/c1-15-5-6-18(27-22(30)16-7-10-25-21(12-16)31-2)13-20(15)29-23-26-11-8-19(28-23)17-4-3-9-24-14-17/h3-14H,1-2H3,(H,27,30)(H,26,28,29). The van der Waals surface area contributed by atoms with Crippen molar-refractivity contribution in [3.63, 3.8) is 0 Å². The van der Waals surface area contributed by atoms with Crippen molar-refractivity contribution in [3.8, 4) is 17.1 Å². The quantitative estimate of drug-likeness (QED) is 0.488. The Labute approximate surface area is 179 Å². The van der Waals surface area contributed by atoms with Gasteiger partial charge in [0, 0.05) is 53.4 Å². The van der Waals surface area contributed by atoms with Gasteiger partial charge in [-0.3, -0.25) is 9.78 Å². The fraction of sp³-hybridized carbons (Fsp3) is 0.0870. The van der Waals surface area contributed by atoms with Gasteiger partial charge in [0.1, 0.15) is 0 Å². The third-order valence-electron chi connectivity index (χ3n) is 4.56. The van der Waals surface area contributed by atoms with Gasteiger partial charge in [-0.15, -0.1) is 0 Å². The van der Waals surface area contributed by atoms with E-state index < -0.39 is 0 Å². The van der Waals surface area contributed by atoms with Gasteiger partial charge < -0.3 is 15.4 Å². The SMILES string of the molecule is COc1cc(C(=O)Nc2ccc(C)c(Nc3nccc(-c4cccnc4)n3)c2)ccn1. The number of pyridine rings is 2. The molecule has 0 aliphatic heterocycles. The summed E-state index contributed by atoms with van der Waals surface area (Å²) in [7, 11) is 1.51. The molecule has 4 aromatic rings. The Bertz CT molecular complexity index is 1210. The van der Waals surface area contributed by atoms with Crippen LogP contribution in [0, 0.1) is 6.92 Å². The molecule has 0 atom stereocenters. The normalized spacial score (nSPS) is 10.4. The molecule has 0 aliphatic carbocycles. The van der Waals surface area contributed by atoms with Crippen LogP contribution in [0.5, 0.6) is 5.88 Å². The van der Waals surface area contributed by atoms with E-state index in [0.717, 1.165) is 22.5 Å². The molecule has 3 aromatic heterocycles. The number of ether oxygens (including phenoxy) is 1. The molecule has 0 saturated carbocycles. The molecule has 154 valence electrons. The van der Waals surface area contributed by atoms with E-state index in [0.29, 0.717) is 23.1 Å². The molecular formula is C23H20N6O2. The highest BCUT2D eigenvalue weighted by Crippen LogP contribution is 2.24. The van der Waals surface area contributed by atoms with Crippen LogP contribution in [0.1, 0.15) is 15.9 Å². The van der Waals surface area contributed by atoms with Gasteiger partial charge in [-0.05, 0) is 48.9 Å². The Balaban J connectivity index is 1.54. The Kier molecular flexibility index (Phi) is 5.79. The summed E-state index contributed by atoms with van der Waals surface area (Å²) in [4.78, 5) is 29.6. The molecule has 8 heteroatoms. The number of amides is 1. The van der Waals surface area contributed by atoms with Gasteiger partial charge in [-0.25, -0.2) is 15.0 Å². The maximum absolute atomic E-state index is 12.6. The molecular weight excluding hydrogens is 392 g/mol. The topological polar surface area (TPSA) is 102 Å². The molecule has 1 aromatic carbocycles. The zero-order chi connectivity index (χ0) is 21.6. The number of methoxy groups -OCH3 is 1. The van der Waals surface area contributed by atoms with Crippen molar-refractivity contribution in [1.82, 2.24) is 19.9 Å². The van der Waals surface area contributed by atoms with Crippen LogP contribution in [0.3, 0.4) is 0 Å². The van der Waals surface area contributed by atoms with Gasteiger partial charge in [0.25, 0.3) is 5.91 Å². The van der Waals surface area contributed by atoms with Gasteiger partial charge in [0.2, 0.25) is 11.8 Å². The lowest BCUT2D eigenvalue weighted by Crippen LogP contribution is -2.12. The van der Waals surface area contributed by atoms with Crippen molar-refractivity contribution in [3.05, 3.63) is 84.4 Å². The smallest absolute Gasteiger partial charge is 0.255 e. The predicted molar refractivity (Wildman–Crippen MR) is 118 cm³/mol. The summed E-state index contributed by atoms with van der Waals surface area (Å²) in [5, 5.41) is 6.12. The fourth-order valence-corrected chi connectivity index (χ4v) is 2.91. The Hall–Kier alpha value is -4.33. The Morgan fingerprint density at radius 2 is 1.87 bits per heavy atom. The molecule has 3 heterocycles. The van der Waals surface area contributed by atoms with E-state index in [1.165, 1.54) is 13.3 Å². The van der Waals surface area contributed by atoms with E-state index in [1.54, 1.807) is 30.7 Å². The van der Waals surface area contributed by atoms with Crippen LogP contribution in [0.2, 0.25) is 0 Å². The summed E-state index contributed by atoms with van der Waals surface area (Å²) in [5.74, 6) is 0.571. The summed E-state index contributed by atoms with van der Waals surface area (Å²) in [5.41, 5.74) is 4.52. The van der Waals surface area contributed by atoms with Crippen LogP contribution >= 0.6 is 0 Å². The minimum atomic E-state index is -0.259. The first-order valence-electron chi connectivity index (χ1n) is 9.55. The third kappa shape index (κ3) is 4.81. The lowest BCUT2D eigenvalue weighted by Gasteiger charge is -2.12. The van der Waals surface area contributed by atoms with Crippen molar-refractivity contribution < 1.29 is 9.53 Å². The summed E-state index contributed by atoms with van der Waals surface area (Å²) in [6.45, 7) is 1.96. The average Bonchev–Trinajstić information content (AvgIpc) is 2.82. The minimum absolute atomic E-state index is 0.259. The van der Waals surface area contributed by atoms with Crippen molar-refractivity contribution in [2.24, 2.45) is 0 Å². The third-order valence-corrected chi connectivity index (χ3v) is 4.56. The number of nitrogens with one attached hydrogen (secondary N) is 2. The first kappa shape index (κ1) is 20.0. The summed E-state index contributed by atoms with van der Waals surface area (Å²) in [6, 6.07) is 14.4. The highest BCUT2D eigenvalue weighted by atomic mass is 16.5. The van der Waals surface area contributed by atoms with Crippen molar-refractivity contribution >= 4 is 23.2 Å². The highest BCUT2D eigenvalue weighted by Gasteiger charge is 2.10. The van der Waals surface area contributed by atoms with Gasteiger partial charge in [-0.2, -0.15) is 0 Å². The monoisotopic (exact) mass is 412 g/mol. The maximum atomic E-state index is 12.6. The first-order valence-corrected chi connectivity index (χ1v) is 9.55. The van der Waals surface area contributed by atoms with E-state index in [-0.39, 0.29) is 5.91 Å². The highest BCUT2D eigenvalue weighted by molar-refractivity contribution is 6.04. The number of aryl methyl sites for hydroxylation is 1. The second kappa shape index (κ2) is 9.00. The second-order valence-electron chi connectivity index (χ2n) is 6.70. The number of rotatable bonds is 6. The van der Waals surface area contributed by atoms with Crippen LogP contribution in [-0.2, 0) is 0 Å². The van der Waals surface area contributed by atoms with E-state index >= 15 is 0 Å². The molecule has 0 spiro atoms. The van der Waals surface area contributed by atoms with Crippen LogP contribution < -0.4 is 15.4 Å². The van der Waals surface area contributed by atoms with E-state index in [9.17, 15) is 4.79 Å². The number of nitrogens with zero attached hydrogens (tertiary/aromatic N) is 4. The number of benzene rings is 1. The molecule has 1 amide bonds. The van der Waals surface area contributed by atoms with Gasteiger partial charge >= 0.3 is 0 Å². The van der Waals surface area contributed by atoms with E-state index in [2.05, 4.69) is 30.6 Å². The maximum Gasteiger partial charge on any atom is 0.255 e. The van der Waals surface area contributed by atoms with Crippen LogP contribution in [0.15, 0.2) is 73.3 Å². The van der Waals surface area contributed by atoms with Crippen molar-refractivity contribution in [1.29, 1.82) is 0 Å². The largest absolute Gasteiger partial charge is 0.481 e. The number of hydrogen-bond donors (Lipinski definition) is 2. The Morgan fingerprint density at radius 1 is 1.00 bits per heavy atom. The summed E-state index contributed by atoms with van der Waals surface area (Å²) >= 11 is 0. The molecule has 31 heavy (non-hydrogen) atoms. The molecule has 0 aliphatic rings. The van der Waals surface area contributed by atoms with Gasteiger partial charge in [0.05, 0.1) is 12.8 Å². The predicted octanol–water partition coefficient (Wildman–Crippen LogP) is 4.25. The molecule has 4 rings (SSSR count). The number of carbonyl (C=O) groups excluding carboxylic acids is 1. The van der Waals surface area contributed by atoms with Crippen molar-refractivity contribution in [2.45, 2.75) is 6.92 Å². The van der Waals surface area contributed by atoms with Crippen LogP contribution in [0.4, 0.5) is 17.3 Å². The molecule has 0 saturated heterocycles. The van der Waals surface area contributed by atoms with E-state index in [4.69, 9.17) is 4.74 Å². The molecule has 0 unspecified atom stereocenters. The van der Waals surface area contributed by atoms with Crippen molar-refractivity contribution in [2.75, 3.05) is 17.7 Å². The molecule has 2 N–H and O–H groups in total. The molecule has 0 bridgehead atoms. The van der Waals surface area contributed by atoms with Crippen LogP contribution in [-0.4, -0.2) is 33.0 Å². The van der Waals surface area contributed by atoms with Crippen LogP contribution in [0.25, 0.3) is 11.3 Å². The zero-order valence-corrected chi connectivity index (χ0v) is 17.0. The summed E-state index contributed by atoms with van der Waals surface area (Å²) < 4.78 is 5.08. The number of hydrogen-bond acceptors (Lipinski definition) is 7. The van der Waals surface area contributed by atoms with Gasteiger partial charge in [-0.1, -0.05) is 6.07 Å². The lowest BCUT2D eigenvalue weighted by molar-refractivity contribution is 0.102. The second-order valence-corrected chi connectivity index (χ2v) is 6.70.